The summed E-state index contributed by atoms with van der Waals surface area (Å²) in [5.41, 5.74) is 2.18. The smallest absolute Gasteiger partial charge is 0.258 e. The van der Waals surface area contributed by atoms with Gasteiger partial charge >= 0.3 is 0 Å². The first kappa shape index (κ1) is 21.8. The summed E-state index contributed by atoms with van der Waals surface area (Å²) in [6.07, 6.45) is 0. The molecule has 3 heterocycles. The van der Waals surface area contributed by atoms with Crippen LogP contribution in [-0.2, 0) is 16.1 Å². The number of hydrogen-bond acceptors (Lipinski definition) is 5. The first-order valence-corrected chi connectivity index (χ1v) is 11.0. The monoisotopic (exact) mass is 445 g/mol. The highest BCUT2D eigenvalue weighted by Gasteiger charge is 2.29. The van der Waals surface area contributed by atoms with E-state index in [-0.39, 0.29) is 11.8 Å². The topological polar surface area (TPSA) is 70.9 Å². The predicted octanol–water partition coefficient (Wildman–Crippen LogP) is 1.51. The Morgan fingerprint density at radius 3 is 2.35 bits per heavy atom. The molecule has 0 radical (unpaired) electrons. The molecule has 2 aliphatic heterocycles. The van der Waals surface area contributed by atoms with Gasteiger partial charge in [0.25, 0.3) is 5.91 Å². The molecule has 2 aromatic rings. The van der Waals surface area contributed by atoms with Gasteiger partial charge in [-0.25, -0.2) is 4.68 Å². The summed E-state index contributed by atoms with van der Waals surface area (Å²) < 4.78 is 6.98. The van der Waals surface area contributed by atoms with Gasteiger partial charge in [0.1, 0.15) is 5.15 Å². The fourth-order valence-electron chi connectivity index (χ4n) is 4.03. The molecule has 166 valence electrons. The van der Waals surface area contributed by atoms with Crippen molar-refractivity contribution in [3.8, 4) is 0 Å². The number of morpholine rings is 1. The number of ether oxygens (including phenoxy) is 1. The highest BCUT2D eigenvalue weighted by Crippen LogP contribution is 2.23. The number of piperazine rings is 1. The lowest BCUT2D eigenvalue weighted by molar-refractivity contribution is -0.136. The van der Waals surface area contributed by atoms with E-state index >= 15 is 0 Å². The Labute approximate surface area is 187 Å². The van der Waals surface area contributed by atoms with Crippen LogP contribution in [0.5, 0.6) is 0 Å². The van der Waals surface area contributed by atoms with Gasteiger partial charge in [0.15, 0.2) is 0 Å². The SMILES string of the molecule is Cc1nn(Cc2ccccc2)c(Cl)c1C(=O)N1CCN(CC(=O)N2CCOCC2)CC1. The van der Waals surface area contributed by atoms with E-state index in [1.54, 1.807) is 9.58 Å². The Bertz CT molecular complexity index is 919. The van der Waals surface area contributed by atoms with Crippen molar-refractivity contribution in [2.75, 3.05) is 59.0 Å². The number of amides is 2. The van der Waals surface area contributed by atoms with E-state index in [9.17, 15) is 9.59 Å². The molecular weight excluding hydrogens is 418 g/mol. The lowest BCUT2D eigenvalue weighted by Crippen LogP contribution is -2.52. The van der Waals surface area contributed by atoms with Gasteiger partial charge in [-0.3, -0.25) is 14.5 Å². The number of hydrogen-bond donors (Lipinski definition) is 0. The molecule has 0 saturated carbocycles. The van der Waals surface area contributed by atoms with Gasteiger partial charge in [-0.2, -0.15) is 5.10 Å². The molecule has 1 aromatic heterocycles. The maximum Gasteiger partial charge on any atom is 0.258 e. The van der Waals surface area contributed by atoms with Crippen LogP contribution in [0.4, 0.5) is 0 Å². The normalized spacial score (nSPS) is 17.7. The third-order valence-corrected chi connectivity index (χ3v) is 6.22. The zero-order valence-corrected chi connectivity index (χ0v) is 18.6. The average Bonchev–Trinajstić information content (AvgIpc) is 3.07. The summed E-state index contributed by atoms with van der Waals surface area (Å²) in [6.45, 7) is 7.69. The van der Waals surface area contributed by atoms with E-state index in [2.05, 4.69) is 10.00 Å². The molecule has 0 aliphatic carbocycles. The summed E-state index contributed by atoms with van der Waals surface area (Å²) in [5.74, 6) is 0.0325. The molecule has 9 heteroatoms. The molecule has 0 atom stereocenters. The minimum atomic E-state index is -0.0963. The first-order valence-electron chi connectivity index (χ1n) is 10.7. The number of rotatable bonds is 5. The Hall–Kier alpha value is -2.42. The van der Waals surface area contributed by atoms with Crippen molar-refractivity contribution in [2.45, 2.75) is 13.5 Å². The Kier molecular flexibility index (Phi) is 6.89. The van der Waals surface area contributed by atoms with Crippen LogP contribution in [0.25, 0.3) is 0 Å². The summed E-state index contributed by atoms with van der Waals surface area (Å²) in [5, 5.41) is 4.87. The van der Waals surface area contributed by atoms with Gasteiger partial charge in [-0.1, -0.05) is 41.9 Å². The Balaban J connectivity index is 1.35. The van der Waals surface area contributed by atoms with Crippen molar-refractivity contribution in [3.05, 3.63) is 52.3 Å². The molecule has 0 N–H and O–H groups in total. The summed E-state index contributed by atoms with van der Waals surface area (Å²) in [6, 6.07) is 9.91. The van der Waals surface area contributed by atoms with Crippen molar-refractivity contribution in [1.29, 1.82) is 0 Å². The van der Waals surface area contributed by atoms with Crippen LogP contribution >= 0.6 is 11.6 Å². The van der Waals surface area contributed by atoms with Crippen LogP contribution in [-0.4, -0.2) is 95.3 Å². The third-order valence-electron chi connectivity index (χ3n) is 5.84. The molecule has 2 saturated heterocycles. The zero-order chi connectivity index (χ0) is 21.8. The molecule has 0 bridgehead atoms. The maximum absolute atomic E-state index is 13.2. The van der Waals surface area contributed by atoms with Crippen LogP contribution in [0.3, 0.4) is 0 Å². The molecule has 1 aromatic carbocycles. The van der Waals surface area contributed by atoms with Crippen molar-refractivity contribution >= 4 is 23.4 Å². The average molecular weight is 446 g/mol. The van der Waals surface area contributed by atoms with Crippen LogP contribution in [0.15, 0.2) is 30.3 Å². The summed E-state index contributed by atoms with van der Waals surface area (Å²) in [7, 11) is 0. The molecular formula is C22H28ClN5O3. The Morgan fingerprint density at radius 2 is 1.68 bits per heavy atom. The lowest BCUT2D eigenvalue weighted by atomic mass is 10.2. The van der Waals surface area contributed by atoms with Gasteiger partial charge in [0, 0.05) is 39.3 Å². The van der Waals surface area contributed by atoms with Crippen LogP contribution in [0.1, 0.15) is 21.6 Å². The third kappa shape index (κ3) is 5.08. The number of aryl methyl sites for hydroxylation is 1. The molecule has 0 unspecified atom stereocenters. The maximum atomic E-state index is 13.2. The highest BCUT2D eigenvalue weighted by molar-refractivity contribution is 6.33. The van der Waals surface area contributed by atoms with Gasteiger partial charge in [0.2, 0.25) is 5.91 Å². The standard InChI is InChI=1S/C22H28ClN5O3/c1-17-20(21(23)28(24-17)15-18-5-3-2-4-6-18)22(30)27-9-7-25(8-10-27)16-19(29)26-11-13-31-14-12-26/h2-6H,7-16H2,1H3. The number of nitrogens with zero attached hydrogens (tertiary/aromatic N) is 5. The molecule has 31 heavy (non-hydrogen) atoms. The number of benzene rings is 1. The van der Waals surface area contributed by atoms with Gasteiger partial charge in [-0.15, -0.1) is 0 Å². The highest BCUT2D eigenvalue weighted by atomic mass is 35.5. The number of carbonyl (C=O) groups excluding carboxylic acids is 2. The number of carbonyl (C=O) groups is 2. The van der Waals surface area contributed by atoms with E-state index in [0.717, 1.165) is 5.56 Å². The second-order valence-electron chi connectivity index (χ2n) is 7.96. The van der Waals surface area contributed by atoms with Crippen molar-refractivity contribution in [2.24, 2.45) is 0 Å². The second-order valence-corrected chi connectivity index (χ2v) is 8.31. The summed E-state index contributed by atoms with van der Waals surface area (Å²) in [4.78, 5) is 31.4. The molecule has 4 rings (SSSR count). The fraction of sp³-hybridized carbons (Fsp3) is 0.500. The van der Waals surface area contributed by atoms with E-state index in [4.69, 9.17) is 16.3 Å². The minimum absolute atomic E-state index is 0.0963. The molecule has 8 nitrogen and oxygen atoms in total. The van der Waals surface area contributed by atoms with Gasteiger partial charge in [0.05, 0.1) is 37.6 Å². The van der Waals surface area contributed by atoms with Crippen LogP contribution in [0.2, 0.25) is 5.15 Å². The molecule has 2 amide bonds. The number of halogens is 1. The largest absolute Gasteiger partial charge is 0.378 e. The zero-order valence-electron chi connectivity index (χ0n) is 17.8. The molecule has 0 spiro atoms. The van der Waals surface area contributed by atoms with Gasteiger partial charge in [-0.05, 0) is 12.5 Å². The van der Waals surface area contributed by atoms with E-state index in [0.29, 0.717) is 82.0 Å². The van der Waals surface area contributed by atoms with E-state index in [1.807, 2.05) is 42.2 Å². The first-order chi connectivity index (χ1) is 15.0. The van der Waals surface area contributed by atoms with Crippen molar-refractivity contribution < 1.29 is 14.3 Å². The quantitative estimate of drug-likeness (QED) is 0.697. The predicted molar refractivity (Wildman–Crippen MR) is 117 cm³/mol. The molecule has 2 fully saturated rings. The Morgan fingerprint density at radius 1 is 1.00 bits per heavy atom. The fourth-order valence-corrected chi connectivity index (χ4v) is 4.34. The van der Waals surface area contributed by atoms with Crippen LogP contribution < -0.4 is 0 Å². The van der Waals surface area contributed by atoms with Crippen molar-refractivity contribution in [3.63, 3.8) is 0 Å². The lowest BCUT2D eigenvalue weighted by Gasteiger charge is -2.36. The van der Waals surface area contributed by atoms with Crippen molar-refractivity contribution in [1.82, 2.24) is 24.5 Å². The molecule has 2 aliphatic rings. The minimum Gasteiger partial charge on any atom is -0.378 e. The second kappa shape index (κ2) is 9.80. The van der Waals surface area contributed by atoms with E-state index < -0.39 is 0 Å². The van der Waals surface area contributed by atoms with Crippen LogP contribution in [0, 0.1) is 6.92 Å². The number of aromatic nitrogens is 2. The summed E-state index contributed by atoms with van der Waals surface area (Å²) >= 11 is 6.56. The van der Waals surface area contributed by atoms with E-state index in [1.165, 1.54) is 0 Å². The van der Waals surface area contributed by atoms with Gasteiger partial charge < -0.3 is 14.5 Å².